The Morgan fingerprint density at radius 3 is 1.07 bits per heavy atom. The highest BCUT2D eigenvalue weighted by molar-refractivity contribution is 7.92. The molecule has 0 heterocycles. The molecule has 0 aromatic heterocycles. The number of allylic oxidation sites excluding steroid dienone is 20. The molecule has 6 aliphatic rings. The molecule has 0 bridgehead atoms. The molecule has 10 rings (SSSR count). The lowest BCUT2D eigenvalue weighted by Crippen LogP contribution is -2.32. The van der Waals surface area contributed by atoms with Crippen molar-refractivity contribution in [2.75, 3.05) is 10.5 Å². The summed E-state index contributed by atoms with van der Waals surface area (Å²) in [5, 5.41) is 90.0. The second kappa shape index (κ2) is 30.1. The van der Waals surface area contributed by atoms with Gasteiger partial charge in [-0.25, -0.2) is 20.0 Å². The third-order valence-electron chi connectivity index (χ3n) is 13.8. The summed E-state index contributed by atoms with van der Waals surface area (Å²) < 4.78 is 133. The van der Waals surface area contributed by atoms with E-state index in [1.165, 1.54) is 109 Å². The number of nitrogens with zero attached hydrogens (tertiary/aromatic N) is 14. The molecule has 6 aliphatic carbocycles. The van der Waals surface area contributed by atoms with Gasteiger partial charge in [0.05, 0.1) is 101 Å². The van der Waals surface area contributed by atoms with Crippen LogP contribution >= 0.6 is 0 Å². The summed E-state index contributed by atoms with van der Waals surface area (Å²) in [5.41, 5.74) is 2.29. The van der Waals surface area contributed by atoms with E-state index in [-0.39, 0.29) is 114 Å². The van der Waals surface area contributed by atoms with Crippen molar-refractivity contribution in [2.24, 2.45) is 50.6 Å². The maximum Gasteiger partial charge on any atom is 0.388 e. The highest BCUT2D eigenvalue weighted by Gasteiger charge is 2.33. The van der Waals surface area contributed by atoms with Gasteiger partial charge in [0.25, 0.3) is 41.4 Å². The molecule has 0 aliphatic heterocycles. The summed E-state index contributed by atoms with van der Waals surface area (Å²) in [4.78, 5) is 63.0. The van der Waals surface area contributed by atoms with Gasteiger partial charge in [-0.3, -0.25) is 65.4 Å². The lowest BCUT2D eigenvalue weighted by atomic mass is 10.0. The van der Waals surface area contributed by atoms with Crippen LogP contribution in [0.15, 0.2) is 287 Å². The summed E-state index contributed by atoms with van der Waals surface area (Å²) >= 11 is 0. The van der Waals surface area contributed by atoms with Crippen LogP contribution < -0.4 is 26.6 Å². The Morgan fingerprint density at radius 2 is 0.738 bits per heavy atom. The molecule has 0 fully saturated rings. The molecule has 4 aromatic rings. The predicted octanol–water partition coefficient (Wildman–Crippen LogP) is 7.55. The number of benzene rings is 4. The molecule has 103 heavy (non-hydrogen) atoms. The molecule has 0 unspecified atom stereocenters. The summed E-state index contributed by atoms with van der Waals surface area (Å²) in [7, 11) is -19.4. The van der Waals surface area contributed by atoms with E-state index in [4.69, 9.17) is 0 Å². The first kappa shape index (κ1) is 73.1. The van der Waals surface area contributed by atoms with Crippen molar-refractivity contribution in [1.82, 2.24) is 16.2 Å². The van der Waals surface area contributed by atoms with Crippen LogP contribution in [0, 0.1) is 25.4 Å². The van der Waals surface area contributed by atoms with Crippen LogP contribution in [0.25, 0.3) is 0 Å². The number of nitro benzene ring substituents is 2. The number of nitrogens with one attached hydrogen (secondary N) is 3. The van der Waals surface area contributed by atoms with Crippen molar-refractivity contribution in [2.45, 2.75) is 19.6 Å². The second-order valence-electron chi connectivity index (χ2n) is 20.8. The molecule has 0 saturated carbocycles. The van der Waals surface area contributed by atoms with Gasteiger partial charge in [-0.15, -0.1) is 15.4 Å². The maximum absolute atomic E-state index is 14.1. The van der Waals surface area contributed by atoms with Gasteiger partial charge in [0, 0.05) is 48.6 Å². The van der Waals surface area contributed by atoms with Crippen molar-refractivity contribution in [3.8, 4) is 0 Å². The van der Waals surface area contributed by atoms with Crippen LogP contribution in [-0.2, 0) is 59.2 Å². The lowest BCUT2D eigenvalue weighted by molar-refractivity contribution is -0.385. The minimum Gasteiger partial charge on any atom is -0.733 e. The molecule has 0 atom stereocenters. The van der Waals surface area contributed by atoms with E-state index in [2.05, 4.69) is 66.7 Å². The van der Waals surface area contributed by atoms with E-state index in [0.717, 1.165) is 72.8 Å². The summed E-state index contributed by atoms with van der Waals surface area (Å²) in [6, 6.07) is 11.2. The number of anilines is 2. The van der Waals surface area contributed by atoms with E-state index in [0.29, 0.717) is 12.1 Å². The molecule has 0 saturated heterocycles. The Labute approximate surface area is 579 Å². The van der Waals surface area contributed by atoms with Gasteiger partial charge in [0.15, 0.2) is 0 Å². The first-order chi connectivity index (χ1) is 48.6. The highest BCUT2D eigenvalue weighted by Crippen LogP contribution is 2.35. The molecule has 12 N–H and O–H groups in total. The van der Waals surface area contributed by atoms with Crippen molar-refractivity contribution >= 4 is 155 Å². The number of hydrazone groups is 2. The number of hydrogen-bond acceptors (Lipinski definition) is 31. The fraction of sp³-hybridized carbons (Fsp3) is 0. The molecular formula is C60H44N17O22S4+. The SMILES string of the molecule is O=C1C=C(NC2=CC(=O)C(=NN=C3C=CC(=Nc4ccc([N+](=O)[O-])cc4S(=O)(=O)O)C=C3)C=C2NN=C2C=CC(=Nc3ccc(N(O)O)cc3[S+](=O)(O)O)C=C2)C(NN=C2C=CC(=Nc3ccc(N([O-])O)cc3[S+](=O)(O)O)C=C2)=CC1=NN=C1C=CC(=Nc2ccc([N+](=O)[O-])cc2S(=O)(=O)O)C=C1. The number of carbonyl (C=O) groups is 2. The zero-order valence-electron chi connectivity index (χ0n) is 51.2. The molecule has 524 valence electrons. The van der Waals surface area contributed by atoms with Crippen LogP contribution in [0.4, 0.5) is 45.5 Å². The molecule has 39 nitrogen and oxygen atoms in total. The largest absolute Gasteiger partial charge is 0.733 e. The van der Waals surface area contributed by atoms with Gasteiger partial charge in [0.2, 0.25) is 11.6 Å². The van der Waals surface area contributed by atoms with Gasteiger partial charge in [-0.1, -0.05) is 0 Å². The third-order valence-corrected chi connectivity index (χ3v) is 17.4. The second-order valence-corrected chi connectivity index (χ2v) is 26.5. The minimum atomic E-state index is -4.99. The first-order valence-corrected chi connectivity index (χ1v) is 34.1. The van der Waals surface area contributed by atoms with E-state index in [1.807, 2.05) is 0 Å². The van der Waals surface area contributed by atoms with Crippen LogP contribution in [0.5, 0.6) is 0 Å². The Hall–Kier alpha value is -12.6. The van der Waals surface area contributed by atoms with Crippen LogP contribution in [0.1, 0.15) is 0 Å². The Bertz CT molecular complexity index is 5070. The number of hydrogen-bond donors (Lipinski definition) is 12. The minimum absolute atomic E-state index is 0.0458. The average Bonchev–Trinajstić information content (AvgIpc) is 0.826. The normalized spacial score (nSPS) is 16.7. The molecule has 43 heteroatoms. The van der Waals surface area contributed by atoms with Crippen LogP contribution in [-0.4, -0.2) is 138 Å². The zero-order valence-corrected chi connectivity index (χ0v) is 54.5. The van der Waals surface area contributed by atoms with E-state index < -0.39 is 105 Å². The summed E-state index contributed by atoms with van der Waals surface area (Å²) in [5.74, 6) is -1.60. The quantitative estimate of drug-likeness (QED) is 0.0101. The zero-order chi connectivity index (χ0) is 74.3. The maximum atomic E-state index is 14.1. The number of carbonyl (C=O) groups excluding carboxylic acids is 2. The molecule has 4 aromatic carbocycles. The lowest BCUT2D eigenvalue weighted by Gasteiger charge is -2.22. The molecule has 0 amide bonds. The van der Waals surface area contributed by atoms with Gasteiger partial charge in [-0.2, -0.15) is 55.5 Å². The number of nitro groups is 2. The fourth-order valence-electron chi connectivity index (χ4n) is 8.94. The number of rotatable bonds is 20. The highest BCUT2D eigenvalue weighted by atomic mass is 32.3. The summed E-state index contributed by atoms with van der Waals surface area (Å²) in [6.45, 7) is 0. The Morgan fingerprint density at radius 1 is 0.417 bits per heavy atom. The number of aliphatic imine (C=N–C) groups is 4. The van der Waals surface area contributed by atoms with Crippen LogP contribution in [0.3, 0.4) is 0 Å². The smallest absolute Gasteiger partial charge is 0.388 e. The van der Waals surface area contributed by atoms with Crippen molar-refractivity contribution in [3.63, 3.8) is 0 Å². The average molecular weight is 1480 g/mol. The Kier molecular flexibility index (Phi) is 21.4. The first-order valence-electron chi connectivity index (χ1n) is 28.3. The molecular weight excluding hydrogens is 1440 g/mol. The van der Waals surface area contributed by atoms with Gasteiger partial charge in [-0.05, 0) is 154 Å². The fourth-order valence-corrected chi connectivity index (χ4v) is 11.6. The topological polar surface area (TPSA) is 594 Å². The third kappa shape index (κ3) is 18.6. The van der Waals surface area contributed by atoms with Crippen LogP contribution in [0.2, 0.25) is 0 Å². The van der Waals surface area contributed by atoms with Crippen molar-refractivity contribution in [3.05, 3.63) is 243 Å². The molecule has 0 spiro atoms. The van der Waals surface area contributed by atoms with Crippen molar-refractivity contribution in [1.29, 1.82) is 0 Å². The van der Waals surface area contributed by atoms with E-state index >= 15 is 0 Å². The number of ketones is 2. The number of non-ortho nitro benzene ring substituents is 2. The molecule has 0 radical (unpaired) electrons. The van der Waals surface area contributed by atoms with Gasteiger partial charge < -0.3 is 15.8 Å². The Balaban J connectivity index is 0.980. The van der Waals surface area contributed by atoms with Crippen molar-refractivity contribution < 1.29 is 87.6 Å². The van der Waals surface area contributed by atoms with Gasteiger partial charge >= 0.3 is 21.0 Å². The van der Waals surface area contributed by atoms with Gasteiger partial charge in [0.1, 0.15) is 32.6 Å². The standard InChI is InChI=1S/C60H43N17O22S4/c78-55-31-49(51(70-66-37-9-1-33(2-10-37)61-45-21-17-41(74(80)81)25-57(45)100(88,89)90)29-53(55)72-68-39-13-5-35(6-14-39)63-47-23-19-43(76(84)85)27-59(47)102(94,95)96)65-50-32-56(79)54(73-69-40-15-7-36(8-16-40)64-48-24-20-44(77(86)87)28-60(48)103(97,98)99)30-52(50)71-67-38-11-3-34(4-12-38)62-46-22-18-42(75(82)83)26-58(46)101(91,92)93/h1-32,80-82H,(H8-,61,62,63,64,65,70,71,72,73,78,79,88,89,90,91,92,93,94,95,96,97,98,99)/p+1. The van der Waals surface area contributed by atoms with E-state index in [9.17, 15) is 103 Å². The predicted molar refractivity (Wildman–Crippen MR) is 373 cm³/mol. The van der Waals surface area contributed by atoms with E-state index in [1.54, 1.807) is 0 Å². The monoisotopic (exact) mass is 1480 g/mol. The summed E-state index contributed by atoms with van der Waals surface area (Å²) in [6.07, 6.45) is 26.5.